The molecule has 2 fully saturated rings. The molecule has 0 radical (unpaired) electrons. The predicted molar refractivity (Wildman–Crippen MR) is 77.4 cm³/mol. The van der Waals surface area contributed by atoms with E-state index < -0.39 is 0 Å². The van der Waals surface area contributed by atoms with E-state index in [2.05, 4.69) is 20.8 Å². The van der Waals surface area contributed by atoms with E-state index in [9.17, 15) is 0 Å². The van der Waals surface area contributed by atoms with Crippen LogP contribution in [0.25, 0.3) is 0 Å². The molecular weight excluding hydrogens is 220 g/mol. The summed E-state index contributed by atoms with van der Waals surface area (Å²) in [5.41, 5.74) is 0.635. The van der Waals surface area contributed by atoms with E-state index in [0.717, 1.165) is 30.1 Å². The number of hydrogen-bond donors (Lipinski definition) is 1. The molecule has 0 spiro atoms. The molecule has 2 aliphatic rings. The fourth-order valence-electron chi connectivity index (χ4n) is 5.32. The molecule has 1 N–H and O–H groups in total. The van der Waals surface area contributed by atoms with Crippen LogP contribution in [0.2, 0.25) is 0 Å². The number of aliphatic hydroxyl groups excluding tert-OH is 1. The Balaban J connectivity index is 1.97. The van der Waals surface area contributed by atoms with Crippen molar-refractivity contribution in [3.8, 4) is 0 Å². The largest absolute Gasteiger partial charge is 0.396 e. The monoisotopic (exact) mass is 252 g/mol. The van der Waals surface area contributed by atoms with Crippen LogP contribution >= 0.6 is 0 Å². The van der Waals surface area contributed by atoms with Gasteiger partial charge in [0.25, 0.3) is 0 Å². The third-order valence-electron chi connectivity index (χ3n) is 6.30. The summed E-state index contributed by atoms with van der Waals surface area (Å²) >= 11 is 0. The maximum absolute atomic E-state index is 8.92. The van der Waals surface area contributed by atoms with Gasteiger partial charge in [-0.05, 0) is 54.8 Å². The normalized spacial score (nSPS) is 41.7. The highest BCUT2D eigenvalue weighted by Gasteiger charge is 2.50. The van der Waals surface area contributed by atoms with Gasteiger partial charge >= 0.3 is 0 Å². The van der Waals surface area contributed by atoms with Crippen molar-refractivity contribution in [2.24, 2.45) is 29.1 Å². The molecule has 0 aromatic heterocycles. The summed E-state index contributed by atoms with van der Waals surface area (Å²) in [6.45, 7) is 7.91. The molecule has 0 aromatic carbocycles. The van der Waals surface area contributed by atoms with Gasteiger partial charge in [0.1, 0.15) is 0 Å². The minimum atomic E-state index is 0.369. The number of hydrogen-bond acceptors (Lipinski definition) is 1. The minimum absolute atomic E-state index is 0.369. The first kappa shape index (κ1) is 14.4. The average molecular weight is 252 g/mol. The summed E-state index contributed by atoms with van der Waals surface area (Å²) in [4.78, 5) is 0. The fraction of sp³-hybridized carbons (Fsp3) is 1.00. The Morgan fingerprint density at radius 1 is 1.22 bits per heavy atom. The molecule has 106 valence electrons. The molecule has 2 rings (SSSR count). The summed E-state index contributed by atoms with van der Waals surface area (Å²) in [6.07, 6.45) is 10.9. The molecule has 0 aliphatic heterocycles. The van der Waals surface area contributed by atoms with Crippen molar-refractivity contribution in [2.75, 3.05) is 6.61 Å². The van der Waals surface area contributed by atoms with Gasteiger partial charge in [-0.15, -0.1) is 0 Å². The van der Waals surface area contributed by atoms with Crippen molar-refractivity contribution in [3.05, 3.63) is 0 Å². The standard InChI is InChI=1S/C17H32O/c1-13(7-4-5-12-18)15-9-10-16-14(2)8-6-11-17(15,16)3/h13-16,18H,4-12H2,1-3H3/t13-,14+,15-,16+,17-/m1/s1. The van der Waals surface area contributed by atoms with Crippen LogP contribution in [0.3, 0.4) is 0 Å². The topological polar surface area (TPSA) is 20.2 Å². The van der Waals surface area contributed by atoms with Crippen LogP contribution in [0.5, 0.6) is 0 Å². The fourth-order valence-corrected chi connectivity index (χ4v) is 5.32. The van der Waals surface area contributed by atoms with E-state index in [1.165, 1.54) is 44.9 Å². The van der Waals surface area contributed by atoms with Gasteiger partial charge in [0.05, 0.1) is 0 Å². The summed E-state index contributed by atoms with van der Waals surface area (Å²) in [7, 11) is 0. The van der Waals surface area contributed by atoms with Gasteiger partial charge in [0.15, 0.2) is 0 Å². The molecule has 0 heterocycles. The Bertz CT molecular complexity index is 262. The highest BCUT2D eigenvalue weighted by molar-refractivity contribution is 5.00. The lowest BCUT2D eigenvalue weighted by molar-refractivity contribution is 0.0345. The lowest BCUT2D eigenvalue weighted by atomic mass is 9.59. The maximum Gasteiger partial charge on any atom is 0.0431 e. The van der Waals surface area contributed by atoms with Crippen molar-refractivity contribution in [1.82, 2.24) is 0 Å². The zero-order valence-corrected chi connectivity index (χ0v) is 12.6. The van der Waals surface area contributed by atoms with Gasteiger partial charge in [-0.2, -0.15) is 0 Å². The molecule has 2 saturated carbocycles. The molecule has 0 amide bonds. The first-order chi connectivity index (χ1) is 8.59. The maximum atomic E-state index is 8.92. The SMILES string of the molecule is C[C@H](CCCCO)[C@H]1CC[C@H]2[C@@H](C)CCC[C@]12C. The third kappa shape index (κ3) is 2.61. The first-order valence-corrected chi connectivity index (χ1v) is 8.20. The highest BCUT2D eigenvalue weighted by Crippen LogP contribution is 2.59. The quantitative estimate of drug-likeness (QED) is 0.707. The molecule has 0 bridgehead atoms. The van der Waals surface area contributed by atoms with Crippen LogP contribution in [-0.2, 0) is 0 Å². The number of rotatable bonds is 5. The van der Waals surface area contributed by atoms with Crippen LogP contribution in [0, 0.1) is 29.1 Å². The summed E-state index contributed by atoms with van der Waals surface area (Å²) < 4.78 is 0. The summed E-state index contributed by atoms with van der Waals surface area (Å²) in [5, 5.41) is 8.92. The molecule has 2 aliphatic carbocycles. The second-order valence-corrected chi connectivity index (χ2v) is 7.36. The van der Waals surface area contributed by atoms with Gasteiger partial charge in [-0.25, -0.2) is 0 Å². The zero-order valence-electron chi connectivity index (χ0n) is 12.6. The second kappa shape index (κ2) is 5.94. The predicted octanol–water partition coefficient (Wildman–Crippen LogP) is 4.64. The Hall–Kier alpha value is -0.0400. The number of aliphatic hydroxyl groups is 1. The Morgan fingerprint density at radius 3 is 2.72 bits per heavy atom. The van der Waals surface area contributed by atoms with Crippen LogP contribution in [0.4, 0.5) is 0 Å². The Kier molecular flexibility index (Phi) is 4.75. The Morgan fingerprint density at radius 2 is 2.00 bits per heavy atom. The lowest BCUT2D eigenvalue weighted by Crippen LogP contribution is -2.38. The van der Waals surface area contributed by atoms with E-state index in [0.29, 0.717) is 12.0 Å². The molecule has 0 saturated heterocycles. The molecule has 0 unspecified atom stereocenters. The molecule has 0 aromatic rings. The average Bonchev–Trinajstić information content (AvgIpc) is 2.68. The number of unbranched alkanes of at least 4 members (excludes halogenated alkanes) is 1. The van der Waals surface area contributed by atoms with Crippen LogP contribution < -0.4 is 0 Å². The smallest absolute Gasteiger partial charge is 0.0431 e. The van der Waals surface area contributed by atoms with Crippen molar-refractivity contribution in [2.45, 2.75) is 72.1 Å². The minimum Gasteiger partial charge on any atom is -0.396 e. The first-order valence-electron chi connectivity index (χ1n) is 8.20. The Labute approximate surface area is 113 Å². The van der Waals surface area contributed by atoms with Crippen molar-refractivity contribution in [3.63, 3.8) is 0 Å². The van der Waals surface area contributed by atoms with Crippen LogP contribution in [0.1, 0.15) is 72.1 Å². The van der Waals surface area contributed by atoms with Crippen LogP contribution in [0.15, 0.2) is 0 Å². The van der Waals surface area contributed by atoms with Crippen LogP contribution in [-0.4, -0.2) is 11.7 Å². The lowest BCUT2D eigenvalue weighted by Gasteiger charge is -2.46. The zero-order chi connectivity index (χ0) is 13.2. The van der Waals surface area contributed by atoms with E-state index in [1.54, 1.807) is 0 Å². The van der Waals surface area contributed by atoms with E-state index in [4.69, 9.17) is 5.11 Å². The molecule has 18 heavy (non-hydrogen) atoms. The molecule has 1 heteroatoms. The molecular formula is C17H32O. The van der Waals surface area contributed by atoms with E-state index >= 15 is 0 Å². The summed E-state index contributed by atoms with van der Waals surface area (Å²) in [5.74, 6) is 3.76. The van der Waals surface area contributed by atoms with Crippen molar-refractivity contribution < 1.29 is 5.11 Å². The number of fused-ring (bicyclic) bond motifs is 1. The second-order valence-electron chi connectivity index (χ2n) is 7.36. The molecule has 1 nitrogen and oxygen atoms in total. The van der Waals surface area contributed by atoms with Gasteiger partial charge in [0.2, 0.25) is 0 Å². The van der Waals surface area contributed by atoms with Gasteiger partial charge in [0, 0.05) is 6.61 Å². The van der Waals surface area contributed by atoms with Gasteiger partial charge in [-0.1, -0.05) is 46.5 Å². The summed E-state index contributed by atoms with van der Waals surface area (Å²) in [6, 6.07) is 0. The van der Waals surface area contributed by atoms with E-state index in [1.807, 2.05) is 0 Å². The molecule has 5 atom stereocenters. The van der Waals surface area contributed by atoms with Gasteiger partial charge < -0.3 is 5.11 Å². The van der Waals surface area contributed by atoms with Gasteiger partial charge in [-0.3, -0.25) is 0 Å². The van der Waals surface area contributed by atoms with E-state index in [-0.39, 0.29) is 0 Å². The van der Waals surface area contributed by atoms with Crippen molar-refractivity contribution >= 4 is 0 Å². The third-order valence-corrected chi connectivity index (χ3v) is 6.30. The van der Waals surface area contributed by atoms with Crippen molar-refractivity contribution in [1.29, 1.82) is 0 Å². The highest BCUT2D eigenvalue weighted by atomic mass is 16.2.